The minimum Gasteiger partial charge on any atom is -0.447 e. The summed E-state index contributed by atoms with van der Waals surface area (Å²) in [5.74, 6) is -0.907. The van der Waals surface area contributed by atoms with Crippen LogP contribution in [0.25, 0.3) is 6.08 Å². The number of carbonyl (C=O) groups excluding carboxylic acids is 2. The second-order valence-electron chi connectivity index (χ2n) is 6.95. The van der Waals surface area contributed by atoms with Crippen LogP contribution in [0.1, 0.15) is 26.3 Å². The first-order chi connectivity index (χ1) is 11.8. The van der Waals surface area contributed by atoms with Crippen molar-refractivity contribution < 1.29 is 19.1 Å². The van der Waals surface area contributed by atoms with Gasteiger partial charge in [0.25, 0.3) is 0 Å². The van der Waals surface area contributed by atoms with Crippen LogP contribution in [-0.4, -0.2) is 29.1 Å². The van der Waals surface area contributed by atoms with E-state index in [2.05, 4.69) is 6.58 Å². The summed E-state index contributed by atoms with van der Waals surface area (Å²) in [4.78, 5) is 25.1. The Morgan fingerprint density at radius 1 is 1.28 bits per heavy atom. The van der Waals surface area contributed by atoms with Crippen LogP contribution in [-0.2, 0) is 19.1 Å². The van der Waals surface area contributed by atoms with Crippen molar-refractivity contribution >= 4 is 17.8 Å². The van der Waals surface area contributed by atoms with E-state index in [0.29, 0.717) is 5.57 Å². The lowest BCUT2D eigenvalue weighted by atomic mass is 9.79. The molecule has 0 amide bonds. The van der Waals surface area contributed by atoms with Crippen molar-refractivity contribution in [1.29, 1.82) is 0 Å². The largest absolute Gasteiger partial charge is 0.447 e. The molecule has 0 aromatic heterocycles. The lowest BCUT2D eigenvalue weighted by molar-refractivity contribution is -0.193. The van der Waals surface area contributed by atoms with Crippen molar-refractivity contribution in [3.8, 4) is 0 Å². The fraction of sp³-hybridized carbons (Fsp3) is 0.333. The molecule has 1 aromatic carbocycles. The molecular weight excluding hydrogens is 316 g/mol. The Bertz CT molecular complexity index is 774. The van der Waals surface area contributed by atoms with Gasteiger partial charge in [0.05, 0.1) is 0 Å². The lowest BCUT2D eigenvalue weighted by Gasteiger charge is -2.45. The van der Waals surface area contributed by atoms with Gasteiger partial charge in [-0.25, -0.2) is 4.79 Å². The van der Waals surface area contributed by atoms with Crippen LogP contribution >= 0.6 is 0 Å². The zero-order valence-corrected chi connectivity index (χ0v) is 14.7. The Morgan fingerprint density at radius 3 is 2.60 bits per heavy atom. The molecule has 0 radical (unpaired) electrons. The van der Waals surface area contributed by atoms with Gasteiger partial charge in [0.1, 0.15) is 11.2 Å². The van der Waals surface area contributed by atoms with Gasteiger partial charge in [-0.05, 0) is 36.6 Å². The summed E-state index contributed by atoms with van der Waals surface area (Å²) < 4.78 is 11.7. The highest BCUT2D eigenvalue weighted by atomic mass is 16.6. The van der Waals surface area contributed by atoms with Gasteiger partial charge < -0.3 is 9.47 Å². The maximum Gasteiger partial charge on any atom is 0.331 e. The fourth-order valence-corrected chi connectivity index (χ4v) is 3.28. The van der Waals surface area contributed by atoms with Gasteiger partial charge in [0, 0.05) is 11.6 Å². The average Bonchev–Trinajstić information content (AvgIpc) is 2.94. The maximum atomic E-state index is 12.8. The topological polar surface area (TPSA) is 52.6 Å². The first-order valence-electron chi connectivity index (χ1n) is 8.36. The van der Waals surface area contributed by atoms with Gasteiger partial charge in [-0.1, -0.05) is 50.8 Å². The second-order valence-corrected chi connectivity index (χ2v) is 6.95. The molecule has 0 spiro atoms. The summed E-state index contributed by atoms with van der Waals surface area (Å²) in [5.41, 5.74) is -0.600. The summed E-state index contributed by atoms with van der Waals surface area (Å²) in [5, 5.41) is 0. The molecule has 2 bridgehead atoms. The fourth-order valence-electron chi connectivity index (χ4n) is 3.28. The van der Waals surface area contributed by atoms with E-state index < -0.39 is 23.3 Å². The SMILES string of the molecule is C=C1C(=O)[C@@H](OC(=O)/C=C/c2ccccc2)[C@]2(C(C)C)C=C[C@@]1(C)O2. The molecule has 3 rings (SSSR count). The van der Waals surface area contributed by atoms with Gasteiger partial charge in [-0.3, -0.25) is 4.79 Å². The first-order valence-corrected chi connectivity index (χ1v) is 8.36. The highest BCUT2D eigenvalue weighted by molar-refractivity contribution is 6.04. The molecule has 0 aliphatic carbocycles. The van der Waals surface area contributed by atoms with E-state index in [4.69, 9.17) is 9.47 Å². The molecule has 2 aliphatic rings. The third-order valence-corrected chi connectivity index (χ3v) is 4.94. The van der Waals surface area contributed by atoms with E-state index in [1.54, 1.807) is 13.0 Å². The second kappa shape index (κ2) is 6.12. The number of ketones is 1. The molecule has 2 aliphatic heterocycles. The van der Waals surface area contributed by atoms with Gasteiger partial charge in [0.2, 0.25) is 5.78 Å². The predicted octanol–water partition coefficient (Wildman–Crippen LogP) is 3.49. The first kappa shape index (κ1) is 17.4. The number of benzene rings is 1. The van der Waals surface area contributed by atoms with Crippen LogP contribution in [0.4, 0.5) is 0 Å². The number of Topliss-reactive ketones (excluding diaryl/α,β-unsaturated/α-hetero) is 1. The third kappa shape index (κ3) is 2.87. The molecule has 1 saturated heterocycles. The van der Waals surface area contributed by atoms with Crippen LogP contribution in [0.15, 0.2) is 60.7 Å². The molecule has 1 fully saturated rings. The Hall–Kier alpha value is -2.46. The summed E-state index contributed by atoms with van der Waals surface area (Å²) in [7, 11) is 0. The molecule has 130 valence electrons. The van der Waals surface area contributed by atoms with Crippen molar-refractivity contribution in [1.82, 2.24) is 0 Å². The predicted molar refractivity (Wildman–Crippen MR) is 95.7 cm³/mol. The molecule has 3 atom stereocenters. The molecule has 1 aromatic rings. The number of rotatable bonds is 4. The normalized spacial score (nSPS) is 31.1. The maximum absolute atomic E-state index is 12.8. The Kier molecular flexibility index (Phi) is 4.25. The monoisotopic (exact) mass is 338 g/mol. The quantitative estimate of drug-likeness (QED) is 0.479. The summed E-state index contributed by atoms with van der Waals surface area (Å²) in [6, 6.07) is 9.41. The van der Waals surface area contributed by atoms with Crippen molar-refractivity contribution in [2.75, 3.05) is 0 Å². The minimum absolute atomic E-state index is 0.0430. The van der Waals surface area contributed by atoms with E-state index in [-0.39, 0.29) is 11.7 Å². The molecule has 25 heavy (non-hydrogen) atoms. The Morgan fingerprint density at radius 2 is 1.96 bits per heavy atom. The van der Waals surface area contributed by atoms with E-state index in [9.17, 15) is 9.59 Å². The molecule has 0 N–H and O–H groups in total. The highest BCUT2D eigenvalue weighted by Crippen LogP contribution is 2.48. The van der Waals surface area contributed by atoms with Gasteiger partial charge in [0.15, 0.2) is 6.10 Å². The van der Waals surface area contributed by atoms with Crippen LogP contribution in [0.3, 0.4) is 0 Å². The Balaban J connectivity index is 1.83. The summed E-state index contributed by atoms with van der Waals surface area (Å²) in [6.07, 6.45) is 5.63. The lowest BCUT2D eigenvalue weighted by Crippen LogP contribution is -2.60. The molecule has 4 nitrogen and oxygen atoms in total. The number of esters is 1. The van der Waals surface area contributed by atoms with E-state index in [1.165, 1.54) is 6.08 Å². The van der Waals surface area contributed by atoms with Crippen LogP contribution in [0.2, 0.25) is 0 Å². The molecule has 4 heteroatoms. The van der Waals surface area contributed by atoms with Crippen LogP contribution < -0.4 is 0 Å². The number of fused-ring (bicyclic) bond motifs is 2. The third-order valence-electron chi connectivity index (χ3n) is 4.94. The van der Waals surface area contributed by atoms with Gasteiger partial charge in [-0.2, -0.15) is 0 Å². The number of carbonyl (C=O) groups is 2. The summed E-state index contributed by atoms with van der Waals surface area (Å²) in [6.45, 7) is 9.54. The van der Waals surface area contributed by atoms with Crippen LogP contribution in [0.5, 0.6) is 0 Å². The van der Waals surface area contributed by atoms with E-state index in [1.807, 2.05) is 56.3 Å². The molecule has 0 saturated carbocycles. The summed E-state index contributed by atoms with van der Waals surface area (Å²) >= 11 is 0. The number of hydrogen-bond donors (Lipinski definition) is 0. The average molecular weight is 338 g/mol. The molecule has 2 heterocycles. The Labute approximate surface area is 147 Å². The van der Waals surface area contributed by atoms with E-state index >= 15 is 0 Å². The standard InChI is InChI=1S/C21H22O4/c1-14(2)21-13-12-20(4,25-21)15(3)18(23)19(21)24-17(22)11-10-16-8-6-5-7-9-16/h5-14,19H,3H2,1-2,4H3/b11-10+/t19-,20-,21-/m1/s1. The van der Waals surface area contributed by atoms with Crippen molar-refractivity contribution in [3.63, 3.8) is 0 Å². The van der Waals surface area contributed by atoms with Gasteiger partial charge in [-0.15, -0.1) is 0 Å². The highest BCUT2D eigenvalue weighted by Gasteiger charge is 2.60. The molecular formula is C21H22O4. The van der Waals surface area contributed by atoms with E-state index in [0.717, 1.165) is 5.56 Å². The zero-order valence-electron chi connectivity index (χ0n) is 14.7. The smallest absolute Gasteiger partial charge is 0.331 e. The number of hydrogen-bond acceptors (Lipinski definition) is 4. The molecule has 0 unspecified atom stereocenters. The minimum atomic E-state index is -1.03. The van der Waals surface area contributed by atoms with Gasteiger partial charge >= 0.3 is 5.97 Å². The van der Waals surface area contributed by atoms with Crippen molar-refractivity contribution in [3.05, 3.63) is 66.3 Å². The number of ether oxygens (including phenoxy) is 2. The van der Waals surface area contributed by atoms with Crippen molar-refractivity contribution in [2.24, 2.45) is 5.92 Å². The van der Waals surface area contributed by atoms with Crippen molar-refractivity contribution in [2.45, 2.75) is 38.1 Å². The van der Waals surface area contributed by atoms with Crippen LogP contribution in [0, 0.1) is 5.92 Å². The zero-order chi connectivity index (χ0) is 18.2.